The molecule has 2 aliphatic rings. The molecule has 2 rings (SSSR count). The Morgan fingerprint density at radius 2 is 2.11 bits per heavy atom. The molecule has 2 unspecified atom stereocenters. The molecule has 6 nitrogen and oxygen atoms in total. The molecule has 1 saturated heterocycles. The monoisotopic (exact) mass is 271 g/mol. The van der Waals surface area contributed by atoms with Crippen LogP contribution in [0.4, 0.5) is 4.79 Å². The molecule has 6 heteroatoms. The predicted octanol–water partition coefficient (Wildman–Crippen LogP) is 1.53. The number of alkyl carbamates (subject to hydrolysis) is 1. The normalized spacial score (nSPS) is 26.9. The van der Waals surface area contributed by atoms with Gasteiger partial charge in [-0.15, -0.1) is 0 Å². The summed E-state index contributed by atoms with van der Waals surface area (Å²) >= 11 is 0. The van der Waals surface area contributed by atoms with E-state index >= 15 is 0 Å². The SMILES string of the molecule is COC(=O)NC(C(=O)O)C1CCOC2(CCCC2)C1. The van der Waals surface area contributed by atoms with E-state index in [4.69, 9.17) is 4.74 Å². The van der Waals surface area contributed by atoms with Gasteiger partial charge in [0, 0.05) is 6.61 Å². The van der Waals surface area contributed by atoms with Crippen LogP contribution in [0.25, 0.3) is 0 Å². The van der Waals surface area contributed by atoms with E-state index in [2.05, 4.69) is 10.1 Å². The van der Waals surface area contributed by atoms with Crippen LogP contribution in [0.1, 0.15) is 38.5 Å². The molecule has 2 fully saturated rings. The molecule has 1 aliphatic heterocycles. The molecule has 0 aromatic carbocycles. The van der Waals surface area contributed by atoms with Gasteiger partial charge in [-0.3, -0.25) is 0 Å². The molecule has 1 spiro atoms. The van der Waals surface area contributed by atoms with E-state index in [1.807, 2.05) is 0 Å². The highest BCUT2D eigenvalue weighted by Gasteiger charge is 2.44. The van der Waals surface area contributed by atoms with E-state index in [-0.39, 0.29) is 11.5 Å². The van der Waals surface area contributed by atoms with Gasteiger partial charge in [-0.05, 0) is 31.6 Å². The predicted molar refractivity (Wildman–Crippen MR) is 66.8 cm³/mol. The summed E-state index contributed by atoms with van der Waals surface area (Å²) in [6.07, 6.45) is 4.92. The van der Waals surface area contributed by atoms with Crippen molar-refractivity contribution in [3.05, 3.63) is 0 Å². The number of rotatable bonds is 3. The van der Waals surface area contributed by atoms with Gasteiger partial charge in [-0.2, -0.15) is 0 Å². The lowest BCUT2D eigenvalue weighted by Crippen LogP contribution is -2.51. The maximum atomic E-state index is 11.3. The van der Waals surface area contributed by atoms with Crippen molar-refractivity contribution in [2.24, 2.45) is 5.92 Å². The number of nitrogens with one attached hydrogen (secondary N) is 1. The van der Waals surface area contributed by atoms with Gasteiger partial charge in [0.2, 0.25) is 0 Å². The molecule has 0 radical (unpaired) electrons. The molecule has 1 amide bonds. The first-order valence-electron chi connectivity index (χ1n) is 6.77. The Morgan fingerprint density at radius 3 is 2.68 bits per heavy atom. The van der Waals surface area contributed by atoms with Crippen LogP contribution in [0, 0.1) is 5.92 Å². The summed E-state index contributed by atoms with van der Waals surface area (Å²) in [5.41, 5.74) is -0.158. The third-order valence-electron chi connectivity index (χ3n) is 4.24. The molecule has 19 heavy (non-hydrogen) atoms. The number of carbonyl (C=O) groups excluding carboxylic acids is 1. The molecule has 2 N–H and O–H groups in total. The van der Waals surface area contributed by atoms with Crippen molar-refractivity contribution in [1.29, 1.82) is 0 Å². The van der Waals surface area contributed by atoms with E-state index in [0.29, 0.717) is 19.4 Å². The number of carbonyl (C=O) groups is 2. The molecular weight excluding hydrogens is 250 g/mol. The zero-order valence-electron chi connectivity index (χ0n) is 11.2. The Morgan fingerprint density at radius 1 is 1.42 bits per heavy atom. The summed E-state index contributed by atoms with van der Waals surface area (Å²) in [6, 6.07) is -0.895. The van der Waals surface area contributed by atoms with Gasteiger partial charge in [0.05, 0.1) is 12.7 Å². The molecule has 108 valence electrons. The first kappa shape index (κ1) is 14.1. The average molecular weight is 271 g/mol. The number of carboxylic acid groups (broad SMARTS) is 1. The number of amides is 1. The summed E-state index contributed by atoms with van der Waals surface area (Å²) < 4.78 is 10.4. The van der Waals surface area contributed by atoms with Gasteiger partial charge in [-0.25, -0.2) is 9.59 Å². The summed E-state index contributed by atoms with van der Waals surface area (Å²) in [5.74, 6) is -1.10. The second kappa shape index (κ2) is 5.77. The minimum Gasteiger partial charge on any atom is -0.480 e. The van der Waals surface area contributed by atoms with Crippen molar-refractivity contribution in [3.63, 3.8) is 0 Å². The van der Waals surface area contributed by atoms with Gasteiger partial charge < -0.3 is 19.9 Å². The number of hydrogen-bond donors (Lipinski definition) is 2. The van der Waals surface area contributed by atoms with Crippen molar-refractivity contribution in [3.8, 4) is 0 Å². The van der Waals surface area contributed by atoms with Gasteiger partial charge >= 0.3 is 12.1 Å². The Labute approximate surface area is 112 Å². The van der Waals surface area contributed by atoms with Crippen molar-refractivity contribution < 1.29 is 24.2 Å². The average Bonchev–Trinajstić information content (AvgIpc) is 2.83. The smallest absolute Gasteiger partial charge is 0.407 e. The van der Waals surface area contributed by atoms with Gasteiger partial charge in [0.15, 0.2) is 0 Å². The van der Waals surface area contributed by atoms with E-state index in [0.717, 1.165) is 25.7 Å². The maximum Gasteiger partial charge on any atom is 0.407 e. The lowest BCUT2D eigenvalue weighted by atomic mass is 9.80. The number of hydrogen-bond acceptors (Lipinski definition) is 4. The summed E-state index contributed by atoms with van der Waals surface area (Å²) in [4.78, 5) is 22.6. The first-order chi connectivity index (χ1) is 9.06. The summed E-state index contributed by atoms with van der Waals surface area (Å²) in [6.45, 7) is 0.567. The van der Waals surface area contributed by atoms with E-state index in [9.17, 15) is 14.7 Å². The Hall–Kier alpha value is -1.30. The van der Waals surface area contributed by atoms with Crippen LogP contribution in [0.3, 0.4) is 0 Å². The highest BCUT2D eigenvalue weighted by molar-refractivity contribution is 5.80. The molecule has 2 atom stereocenters. The van der Waals surface area contributed by atoms with Crippen LogP contribution >= 0.6 is 0 Å². The first-order valence-corrected chi connectivity index (χ1v) is 6.77. The van der Waals surface area contributed by atoms with Crippen molar-refractivity contribution in [2.45, 2.75) is 50.2 Å². The lowest BCUT2D eigenvalue weighted by Gasteiger charge is -2.40. The van der Waals surface area contributed by atoms with E-state index in [1.54, 1.807) is 0 Å². The summed E-state index contributed by atoms with van der Waals surface area (Å²) in [5, 5.41) is 11.7. The molecule has 1 heterocycles. The van der Waals surface area contributed by atoms with Gasteiger partial charge in [0.25, 0.3) is 0 Å². The van der Waals surface area contributed by atoms with Crippen LogP contribution in [0.5, 0.6) is 0 Å². The maximum absolute atomic E-state index is 11.3. The topological polar surface area (TPSA) is 84.9 Å². The number of ether oxygens (including phenoxy) is 2. The fourth-order valence-corrected chi connectivity index (χ4v) is 3.29. The third kappa shape index (κ3) is 3.18. The van der Waals surface area contributed by atoms with Gasteiger partial charge in [-0.1, -0.05) is 12.8 Å². The highest BCUT2D eigenvalue weighted by Crippen LogP contribution is 2.42. The molecule has 1 aliphatic carbocycles. The number of methoxy groups -OCH3 is 1. The zero-order valence-corrected chi connectivity index (χ0v) is 11.2. The van der Waals surface area contributed by atoms with Crippen LogP contribution in [-0.4, -0.2) is 42.5 Å². The molecule has 1 saturated carbocycles. The van der Waals surface area contributed by atoms with Crippen LogP contribution in [0.2, 0.25) is 0 Å². The van der Waals surface area contributed by atoms with Crippen LogP contribution in [-0.2, 0) is 14.3 Å². The van der Waals surface area contributed by atoms with Crippen molar-refractivity contribution in [1.82, 2.24) is 5.32 Å². The number of carboxylic acids is 1. The van der Waals surface area contributed by atoms with Crippen LogP contribution in [0.15, 0.2) is 0 Å². The molecule has 0 aromatic heterocycles. The van der Waals surface area contributed by atoms with E-state index < -0.39 is 18.1 Å². The summed E-state index contributed by atoms with van der Waals surface area (Å²) in [7, 11) is 1.23. The quantitative estimate of drug-likeness (QED) is 0.813. The second-order valence-electron chi connectivity index (χ2n) is 5.44. The third-order valence-corrected chi connectivity index (χ3v) is 4.24. The fourth-order valence-electron chi connectivity index (χ4n) is 3.29. The fraction of sp³-hybridized carbons (Fsp3) is 0.846. The Bertz CT molecular complexity index is 351. The molecule has 0 bridgehead atoms. The second-order valence-corrected chi connectivity index (χ2v) is 5.44. The Kier molecular flexibility index (Phi) is 4.29. The molecular formula is C13H21NO5. The van der Waals surface area contributed by atoms with Crippen molar-refractivity contribution >= 4 is 12.1 Å². The van der Waals surface area contributed by atoms with Crippen molar-refractivity contribution in [2.75, 3.05) is 13.7 Å². The highest BCUT2D eigenvalue weighted by atomic mass is 16.5. The number of aliphatic carboxylic acids is 1. The minimum atomic E-state index is -1.01. The van der Waals surface area contributed by atoms with Crippen LogP contribution < -0.4 is 5.32 Å². The van der Waals surface area contributed by atoms with Gasteiger partial charge in [0.1, 0.15) is 6.04 Å². The minimum absolute atomic E-state index is 0.0940. The standard InChI is InChI=1S/C13H21NO5/c1-18-12(17)14-10(11(15)16)9-4-7-19-13(8-9)5-2-3-6-13/h9-10H,2-8H2,1H3,(H,14,17)(H,15,16). The molecule has 0 aromatic rings. The lowest BCUT2D eigenvalue weighted by molar-refractivity contribution is -0.145. The van der Waals surface area contributed by atoms with E-state index in [1.165, 1.54) is 7.11 Å². The largest absolute Gasteiger partial charge is 0.480 e. The Balaban J connectivity index is 2.04. The zero-order chi connectivity index (χ0) is 13.9.